The number of hydrogen-bond acceptors (Lipinski definition) is 3. The van der Waals surface area contributed by atoms with Crippen molar-refractivity contribution in [1.82, 2.24) is 15.1 Å². The molecule has 1 aromatic heterocycles. The molecule has 0 bridgehead atoms. The molecule has 0 unspecified atom stereocenters. The zero-order valence-corrected chi connectivity index (χ0v) is 15.0. The fraction of sp³-hybridized carbons (Fsp3) is 0.474. The Kier molecular flexibility index (Phi) is 4.60. The van der Waals surface area contributed by atoms with Gasteiger partial charge in [-0.2, -0.15) is 5.10 Å². The minimum atomic E-state index is 0.0454. The van der Waals surface area contributed by atoms with Crippen LogP contribution in [0.3, 0.4) is 0 Å². The molecular formula is C19H26N4O. The van der Waals surface area contributed by atoms with E-state index in [9.17, 15) is 4.79 Å². The fourth-order valence-corrected chi connectivity index (χ4v) is 3.45. The Labute approximate surface area is 143 Å². The summed E-state index contributed by atoms with van der Waals surface area (Å²) in [5.41, 5.74) is 6.88. The smallest absolute Gasteiger partial charge is 0.224 e. The third-order valence-electron chi connectivity index (χ3n) is 4.98. The van der Waals surface area contributed by atoms with Gasteiger partial charge in [-0.15, -0.1) is 0 Å². The van der Waals surface area contributed by atoms with E-state index in [4.69, 9.17) is 0 Å². The summed E-state index contributed by atoms with van der Waals surface area (Å²) < 4.78 is 1.83. The fourth-order valence-electron chi connectivity index (χ4n) is 3.45. The van der Waals surface area contributed by atoms with Gasteiger partial charge in [0, 0.05) is 44.1 Å². The molecule has 0 spiro atoms. The number of aryl methyl sites for hydroxylation is 3. The normalized spacial score (nSPS) is 13.8. The summed E-state index contributed by atoms with van der Waals surface area (Å²) in [6.07, 6.45) is 2.70. The average molecular weight is 326 g/mol. The van der Waals surface area contributed by atoms with Gasteiger partial charge in [0.2, 0.25) is 5.91 Å². The van der Waals surface area contributed by atoms with Gasteiger partial charge in [-0.3, -0.25) is 9.48 Å². The quantitative estimate of drug-likeness (QED) is 0.938. The lowest BCUT2D eigenvalue weighted by molar-refractivity contribution is -0.120. The van der Waals surface area contributed by atoms with Gasteiger partial charge >= 0.3 is 0 Å². The van der Waals surface area contributed by atoms with Crippen LogP contribution < -0.4 is 10.2 Å². The number of nitrogens with zero attached hydrogens (tertiary/aromatic N) is 3. The predicted octanol–water partition coefficient (Wildman–Crippen LogP) is 2.28. The number of carbonyl (C=O) groups excluding carboxylic acids is 1. The number of anilines is 1. The Balaban J connectivity index is 1.62. The zero-order chi connectivity index (χ0) is 17.3. The minimum Gasteiger partial charge on any atom is -0.374 e. The largest absolute Gasteiger partial charge is 0.374 e. The van der Waals surface area contributed by atoms with Crippen molar-refractivity contribution >= 4 is 11.6 Å². The standard InChI is InChI=1S/C19H26N4O/c1-13-17(14(2)23(4)21-13)11-19(24)20-12-15-7-8-18-16(10-15)6-5-9-22(18)3/h7-8,10H,5-6,9,11-12H2,1-4H3,(H,20,24). The molecule has 0 fully saturated rings. The van der Waals surface area contributed by atoms with E-state index in [0.717, 1.165) is 35.5 Å². The molecule has 1 aliphatic rings. The molecule has 5 heteroatoms. The highest BCUT2D eigenvalue weighted by molar-refractivity contribution is 5.79. The molecule has 0 saturated carbocycles. The van der Waals surface area contributed by atoms with Crippen molar-refractivity contribution < 1.29 is 4.79 Å². The lowest BCUT2D eigenvalue weighted by atomic mass is 9.99. The number of fused-ring (bicyclic) bond motifs is 1. The van der Waals surface area contributed by atoms with Crippen molar-refractivity contribution in [3.8, 4) is 0 Å². The zero-order valence-electron chi connectivity index (χ0n) is 15.0. The van der Waals surface area contributed by atoms with Crippen molar-refractivity contribution in [3.05, 3.63) is 46.3 Å². The molecule has 2 heterocycles. The molecule has 2 aromatic rings. The maximum Gasteiger partial charge on any atom is 0.224 e. The average Bonchev–Trinajstić information content (AvgIpc) is 2.79. The van der Waals surface area contributed by atoms with Crippen molar-refractivity contribution in [2.45, 2.75) is 39.7 Å². The molecule has 0 aliphatic carbocycles. The van der Waals surface area contributed by atoms with Crippen LogP contribution in [0, 0.1) is 13.8 Å². The highest BCUT2D eigenvalue weighted by Gasteiger charge is 2.15. The SMILES string of the molecule is Cc1nn(C)c(C)c1CC(=O)NCc1ccc2c(c1)CCCN2C. The third kappa shape index (κ3) is 3.30. The number of benzene rings is 1. The number of nitrogens with one attached hydrogen (secondary N) is 1. The van der Waals surface area contributed by atoms with Crippen molar-refractivity contribution in [2.75, 3.05) is 18.5 Å². The molecule has 1 aromatic carbocycles. The molecule has 1 N–H and O–H groups in total. The second kappa shape index (κ2) is 6.67. The van der Waals surface area contributed by atoms with Crippen LogP contribution in [0.25, 0.3) is 0 Å². The summed E-state index contributed by atoms with van der Waals surface area (Å²) in [4.78, 5) is 14.6. The van der Waals surface area contributed by atoms with Crippen LogP contribution in [-0.2, 0) is 31.2 Å². The molecule has 24 heavy (non-hydrogen) atoms. The minimum absolute atomic E-state index is 0.0454. The van der Waals surface area contributed by atoms with Crippen molar-refractivity contribution in [2.24, 2.45) is 7.05 Å². The van der Waals surface area contributed by atoms with E-state index in [0.29, 0.717) is 13.0 Å². The van der Waals surface area contributed by atoms with E-state index >= 15 is 0 Å². The molecule has 0 radical (unpaired) electrons. The van der Waals surface area contributed by atoms with Crippen LogP contribution in [0.1, 0.15) is 34.5 Å². The van der Waals surface area contributed by atoms with Gasteiger partial charge < -0.3 is 10.2 Å². The first-order valence-corrected chi connectivity index (χ1v) is 8.54. The molecule has 3 rings (SSSR count). The van der Waals surface area contributed by atoms with Gasteiger partial charge in [-0.05, 0) is 43.9 Å². The number of carbonyl (C=O) groups is 1. The molecule has 5 nitrogen and oxygen atoms in total. The van der Waals surface area contributed by atoms with Crippen LogP contribution in [0.2, 0.25) is 0 Å². The number of rotatable bonds is 4. The number of hydrogen-bond donors (Lipinski definition) is 1. The Morgan fingerprint density at radius 1 is 1.29 bits per heavy atom. The first kappa shape index (κ1) is 16.6. The lowest BCUT2D eigenvalue weighted by Crippen LogP contribution is -2.26. The van der Waals surface area contributed by atoms with Crippen molar-refractivity contribution in [1.29, 1.82) is 0 Å². The maximum atomic E-state index is 12.3. The van der Waals surface area contributed by atoms with E-state index < -0.39 is 0 Å². The summed E-state index contributed by atoms with van der Waals surface area (Å²) in [5, 5.41) is 7.41. The van der Waals surface area contributed by atoms with Crippen LogP contribution in [0.4, 0.5) is 5.69 Å². The summed E-state index contributed by atoms with van der Waals surface area (Å²) in [5.74, 6) is 0.0454. The van der Waals surface area contributed by atoms with E-state index in [1.54, 1.807) is 0 Å². The number of aromatic nitrogens is 2. The van der Waals surface area contributed by atoms with Crippen LogP contribution >= 0.6 is 0 Å². The second-order valence-corrected chi connectivity index (χ2v) is 6.71. The summed E-state index contributed by atoms with van der Waals surface area (Å²) in [6.45, 7) is 5.65. The predicted molar refractivity (Wildman–Crippen MR) is 96.3 cm³/mol. The Hall–Kier alpha value is -2.30. The van der Waals surface area contributed by atoms with Gasteiger partial charge in [-0.25, -0.2) is 0 Å². The topological polar surface area (TPSA) is 50.2 Å². The van der Waals surface area contributed by atoms with Gasteiger partial charge in [0.05, 0.1) is 12.1 Å². The van der Waals surface area contributed by atoms with Gasteiger partial charge in [0.25, 0.3) is 0 Å². The molecular weight excluding hydrogens is 300 g/mol. The van der Waals surface area contributed by atoms with E-state index in [-0.39, 0.29) is 5.91 Å². The summed E-state index contributed by atoms with van der Waals surface area (Å²) >= 11 is 0. The first-order chi connectivity index (χ1) is 11.5. The maximum absolute atomic E-state index is 12.3. The summed E-state index contributed by atoms with van der Waals surface area (Å²) in [6, 6.07) is 6.51. The highest BCUT2D eigenvalue weighted by atomic mass is 16.1. The van der Waals surface area contributed by atoms with Gasteiger partial charge in [0.1, 0.15) is 0 Å². The van der Waals surface area contributed by atoms with E-state index in [1.807, 2.05) is 25.6 Å². The second-order valence-electron chi connectivity index (χ2n) is 6.71. The Morgan fingerprint density at radius 3 is 2.79 bits per heavy atom. The molecule has 128 valence electrons. The number of amides is 1. The molecule has 0 saturated heterocycles. The lowest BCUT2D eigenvalue weighted by Gasteiger charge is -2.27. The van der Waals surface area contributed by atoms with E-state index in [2.05, 4.69) is 40.6 Å². The molecule has 1 amide bonds. The third-order valence-corrected chi connectivity index (χ3v) is 4.98. The van der Waals surface area contributed by atoms with Crippen LogP contribution in [0.15, 0.2) is 18.2 Å². The van der Waals surface area contributed by atoms with Gasteiger partial charge in [0.15, 0.2) is 0 Å². The highest BCUT2D eigenvalue weighted by Crippen LogP contribution is 2.26. The van der Waals surface area contributed by atoms with E-state index in [1.165, 1.54) is 17.7 Å². The Bertz CT molecular complexity index is 763. The Morgan fingerprint density at radius 2 is 2.08 bits per heavy atom. The summed E-state index contributed by atoms with van der Waals surface area (Å²) in [7, 11) is 4.05. The molecule has 1 aliphatic heterocycles. The first-order valence-electron chi connectivity index (χ1n) is 8.54. The van der Waals surface area contributed by atoms with Crippen LogP contribution in [0.5, 0.6) is 0 Å². The van der Waals surface area contributed by atoms with Gasteiger partial charge in [-0.1, -0.05) is 12.1 Å². The van der Waals surface area contributed by atoms with Crippen molar-refractivity contribution in [3.63, 3.8) is 0 Å². The monoisotopic (exact) mass is 326 g/mol. The van der Waals surface area contributed by atoms with Crippen LogP contribution in [-0.4, -0.2) is 29.3 Å². The molecule has 0 atom stereocenters.